The van der Waals surface area contributed by atoms with Crippen molar-refractivity contribution in [3.05, 3.63) is 28.2 Å². The molecule has 0 unspecified atom stereocenters. The van der Waals surface area contributed by atoms with Crippen molar-refractivity contribution >= 4 is 45.5 Å². The number of nitrogens with zero attached hydrogens (tertiary/aromatic N) is 3. The zero-order valence-corrected chi connectivity index (χ0v) is 17.7. The fourth-order valence-corrected chi connectivity index (χ4v) is 4.04. The zero-order valence-electron chi connectivity index (χ0n) is 16.1. The second-order valence-corrected chi connectivity index (χ2v) is 7.70. The standard InChI is InChI=1S/C18H24BrN7O3/c1-2-29-17(28)25-24-14(27)12-7-6-11(19)10-13(12)26-16(21)22-15(20)23-18(26)8-4-3-5-9-18/h6-7,10H,2-5,8-9H2,1H3,(H,24,27)(H,25,28)(H4,20,21,22,23). The third-order valence-electron chi connectivity index (χ3n) is 4.85. The molecular weight excluding hydrogens is 442 g/mol. The molecule has 2 amide bonds. The Labute approximate surface area is 176 Å². The number of halogens is 1. The molecule has 0 bridgehead atoms. The molecule has 11 heteroatoms. The van der Waals surface area contributed by atoms with Gasteiger partial charge in [-0.2, -0.15) is 4.99 Å². The summed E-state index contributed by atoms with van der Waals surface area (Å²) in [7, 11) is 0. The predicted molar refractivity (Wildman–Crippen MR) is 113 cm³/mol. The van der Waals surface area contributed by atoms with Gasteiger partial charge in [-0.1, -0.05) is 22.4 Å². The monoisotopic (exact) mass is 465 g/mol. The molecule has 3 rings (SSSR count). The second kappa shape index (κ2) is 8.68. The number of anilines is 1. The highest BCUT2D eigenvalue weighted by molar-refractivity contribution is 9.10. The molecule has 0 atom stereocenters. The van der Waals surface area contributed by atoms with Gasteiger partial charge in [0.05, 0.1) is 17.9 Å². The van der Waals surface area contributed by atoms with E-state index >= 15 is 0 Å². The van der Waals surface area contributed by atoms with Crippen LogP contribution >= 0.6 is 15.9 Å². The van der Waals surface area contributed by atoms with E-state index in [1.807, 2.05) is 0 Å². The molecule has 29 heavy (non-hydrogen) atoms. The number of carbonyl (C=O) groups is 2. The van der Waals surface area contributed by atoms with Crippen LogP contribution in [-0.2, 0) is 4.74 Å². The van der Waals surface area contributed by atoms with Crippen molar-refractivity contribution in [1.82, 2.24) is 10.9 Å². The minimum absolute atomic E-state index is 0.130. The lowest BCUT2D eigenvalue weighted by atomic mass is 9.87. The van der Waals surface area contributed by atoms with Gasteiger partial charge < -0.3 is 16.2 Å². The van der Waals surface area contributed by atoms with Crippen molar-refractivity contribution in [2.75, 3.05) is 11.5 Å². The van der Waals surface area contributed by atoms with Gasteiger partial charge in [0.25, 0.3) is 5.91 Å². The highest BCUT2D eigenvalue weighted by Gasteiger charge is 2.43. The largest absolute Gasteiger partial charge is 0.449 e. The summed E-state index contributed by atoms with van der Waals surface area (Å²) >= 11 is 3.45. The highest BCUT2D eigenvalue weighted by atomic mass is 79.9. The lowest BCUT2D eigenvalue weighted by molar-refractivity contribution is 0.0913. The van der Waals surface area contributed by atoms with E-state index in [9.17, 15) is 9.59 Å². The van der Waals surface area contributed by atoms with Gasteiger partial charge in [-0.15, -0.1) is 0 Å². The molecule has 156 valence electrons. The number of nitrogens with two attached hydrogens (primary N) is 2. The van der Waals surface area contributed by atoms with Gasteiger partial charge in [0.1, 0.15) is 5.66 Å². The molecule has 0 radical (unpaired) electrons. The average Bonchev–Trinajstić information content (AvgIpc) is 2.66. The maximum absolute atomic E-state index is 12.8. The van der Waals surface area contributed by atoms with Crippen molar-refractivity contribution in [2.45, 2.75) is 44.7 Å². The van der Waals surface area contributed by atoms with E-state index in [2.05, 4.69) is 36.8 Å². The van der Waals surface area contributed by atoms with Crippen LogP contribution in [0, 0.1) is 0 Å². The summed E-state index contributed by atoms with van der Waals surface area (Å²) in [5, 5.41) is 0. The van der Waals surface area contributed by atoms with Crippen LogP contribution in [0.3, 0.4) is 0 Å². The van der Waals surface area contributed by atoms with Gasteiger partial charge in [0.15, 0.2) is 0 Å². The summed E-state index contributed by atoms with van der Waals surface area (Å²) in [6, 6.07) is 5.13. The lowest BCUT2D eigenvalue weighted by Gasteiger charge is -2.46. The first kappa shape index (κ1) is 20.9. The molecule has 1 spiro atoms. The first-order chi connectivity index (χ1) is 13.9. The van der Waals surface area contributed by atoms with Crippen LogP contribution in [0.25, 0.3) is 0 Å². The molecule has 1 fully saturated rings. The number of carbonyl (C=O) groups excluding carboxylic acids is 2. The fraction of sp³-hybridized carbons (Fsp3) is 0.444. The molecule has 1 saturated carbocycles. The maximum Gasteiger partial charge on any atom is 0.426 e. The molecule has 1 aliphatic carbocycles. The molecule has 0 aromatic heterocycles. The number of ether oxygens (including phenoxy) is 1. The highest BCUT2D eigenvalue weighted by Crippen LogP contribution is 2.41. The van der Waals surface area contributed by atoms with Gasteiger partial charge in [-0.05, 0) is 50.8 Å². The van der Waals surface area contributed by atoms with Gasteiger partial charge in [-0.25, -0.2) is 15.2 Å². The first-order valence-electron chi connectivity index (χ1n) is 9.38. The lowest BCUT2D eigenvalue weighted by Crippen LogP contribution is -2.58. The number of aliphatic imine (C=N–C) groups is 2. The molecule has 1 heterocycles. The topological polar surface area (TPSA) is 147 Å². The second-order valence-electron chi connectivity index (χ2n) is 6.78. The Morgan fingerprint density at radius 2 is 1.97 bits per heavy atom. The number of hydrazine groups is 1. The smallest absolute Gasteiger partial charge is 0.426 e. The summed E-state index contributed by atoms with van der Waals surface area (Å²) < 4.78 is 5.51. The Morgan fingerprint density at radius 3 is 2.66 bits per heavy atom. The number of hydrogen-bond donors (Lipinski definition) is 4. The normalized spacial score (nSPS) is 17.9. The van der Waals surface area contributed by atoms with E-state index in [1.54, 1.807) is 30.0 Å². The Bertz CT molecular complexity index is 865. The van der Waals surface area contributed by atoms with E-state index in [0.29, 0.717) is 11.3 Å². The molecule has 1 aliphatic heterocycles. The van der Waals surface area contributed by atoms with E-state index in [1.165, 1.54) is 0 Å². The molecule has 2 aliphatic rings. The van der Waals surface area contributed by atoms with E-state index in [4.69, 9.17) is 16.2 Å². The first-order valence-corrected chi connectivity index (χ1v) is 10.2. The van der Waals surface area contributed by atoms with Crippen molar-refractivity contribution in [2.24, 2.45) is 21.5 Å². The molecule has 0 saturated heterocycles. The SMILES string of the molecule is CCOC(=O)NNC(=O)c1ccc(Br)cc1N1C(N)=NC(N)=NC12CCCCC2. The quantitative estimate of drug-likeness (QED) is 0.501. The van der Waals surface area contributed by atoms with Crippen LogP contribution in [0.5, 0.6) is 0 Å². The van der Waals surface area contributed by atoms with Crippen LogP contribution in [0.2, 0.25) is 0 Å². The number of rotatable bonds is 3. The minimum Gasteiger partial charge on any atom is -0.449 e. The number of benzene rings is 1. The minimum atomic E-state index is -0.750. The van der Waals surface area contributed by atoms with Crippen LogP contribution < -0.4 is 27.2 Å². The molecule has 10 nitrogen and oxygen atoms in total. The van der Waals surface area contributed by atoms with Crippen LogP contribution in [-0.4, -0.2) is 36.2 Å². The Morgan fingerprint density at radius 1 is 1.24 bits per heavy atom. The van der Waals surface area contributed by atoms with Gasteiger partial charge in [-0.3, -0.25) is 15.1 Å². The number of nitrogens with one attached hydrogen (secondary N) is 2. The fourth-order valence-electron chi connectivity index (χ4n) is 3.69. The third-order valence-corrected chi connectivity index (χ3v) is 5.34. The Balaban J connectivity index is 1.98. The summed E-state index contributed by atoms with van der Waals surface area (Å²) in [4.78, 5) is 34.8. The average molecular weight is 466 g/mol. The number of hydrogen-bond acceptors (Lipinski definition) is 8. The molecular formula is C18H24BrN7O3. The number of guanidine groups is 2. The van der Waals surface area contributed by atoms with Gasteiger partial charge in [0.2, 0.25) is 11.9 Å². The Kier molecular flexibility index (Phi) is 6.26. The van der Waals surface area contributed by atoms with Crippen LogP contribution in [0.4, 0.5) is 10.5 Å². The predicted octanol–water partition coefficient (Wildman–Crippen LogP) is 1.95. The number of amides is 2. The molecule has 1 aromatic carbocycles. The maximum atomic E-state index is 12.8. The van der Waals surface area contributed by atoms with Crippen LogP contribution in [0.1, 0.15) is 49.4 Å². The zero-order chi connectivity index (χ0) is 21.0. The van der Waals surface area contributed by atoms with E-state index in [0.717, 1.165) is 36.6 Å². The van der Waals surface area contributed by atoms with Gasteiger partial charge >= 0.3 is 6.09 Å². The van der Waals surface area contributed by atoms with Crippen molar-refractivity contribution in [3.63, 3.8) is 0 Å². The van der Waals surface area contributed by atoms with E-state index in [-0.39, 0.29) is 18.5 Å². The molecule has 1 aromatic rings. The van der Waals surface area contributed by atoms with Crippen LogP contribution in [0.15, 0.2) is 32.7 Å². The van der Waals surface area contributed by atoms with Gasteiger partial charge in [0, 0.05) is 4.47 Å². The molecule has 6 N–H and O–H groups in total. The summed E-state index contributed by atoms with van der Waals surface area (Å²) in [6.45, 7) is 1.86. The Hall–Kier alpha value is -2.82. The van der Waals surface area contributed by atoms with Crippen molar-refractivity contribution in [3.8, 4) is 0 Å². The summed E-state index contributed by atoms with van der Waals surface area (Å²) in [5.74, 6) is -0.225. The van der Waals surface area contributed by atoms with E-state index < -0.39 is 17.7 Å². The summed E-state index contributed by atoms with van der Waals surface area (Å²) in [5.41, 5.74) is 16.9. The van der Waals surface area contributed by atoms with Crippen molar-refractivity contribution in [1.29, 1.82) is 0 Å². The third kappa shape index (κ3) is 4.44. The summed E-state index contributed by atoms with van der Waals surface area (Å²) in [6.07, 6.45) is 3.73. The van der Waals surface area contributed by atoms with Crippen molar-refractivity contribution < 1.29 is 14.3 Å².